The third kappa shape index (κ3) is 3.29. The van der Waals surface area contributed by atoms with Gasteiger partial charge < -0.3 is 5.11 Å². The Balaban J connectivity index is 2.57. The minimum atomic E-state index is -3.44. The molecule has 0 aliphatic rings. The Morgan fingerprint density at radius 1 is 1.67 bits per heavy atom. The van der Waals surface area contributed by atoms with Gasteiger partial charge in [-0.2, -0.15) is 5.10 Å². The van der Waals surface area contributed by atoms with Gasteiger partial charge in [0, 0.05) is 25.4 Å². The second-order valence-corrected chi connectivity index (χ2v) is 5.56. The molecule has 15 heavy (non-hydrogen) atoms. The monoisotopic (exact) mass is 233 g/mol. The molecule has 6 nitrogen and oxygen atoms in total. The molecule has 0 spiro atoms. The van der Waals surface area contributed by atoms with E-state index in [1.807, 2.05) is 0 Å². The molecular weight excluding hydrogens is 218 g/mol. The first kappa shape index (κ1) is 12.2. The van der Waals surface area contributed by atoms with Gasteiger partial charge in [-0.15, -0.1) is 0 Å². The molecule has 0 bridgehead atoms. The molecule has 2 N–H and O–H groups in total. The normalized spacial score (nSPS) is 14.1. The molecule has 0 aromatic carbocycles. The number of aromatic nitrogens is 2. The van der Waals surface area contributed by atoms with Crippen LogP contribution in [0.2, 0.25) is 0 Å². The average molecular weight is 233 g/mol. The van der Waals surface area contributed by atoms with Crippen LogP contribution in [-0.2, 0) is 23.6 Å². The zero-order valence-corrected chi connectivity index (χ0v) is 9.53. The topological polar surface area (TPSA) is 84.2 Å². The number of rotatable bonds is 5. The molecule has 1 unspecified atom stereocenters. The van der Waals surface area contributed by atoms with Gasteiger partial charge >= 0.3 is 0 Å². The van der Waals surface area contributed by atoms with Gasteiger partial charge in [-0.05, 0) is 6.92 Å². The van der Waals surface area contributed by atoms with Crippen molar-refractivity contribution in [2.45, 2.75) is 18.7 Å². The summed E-state index contributed by atoms with van der Waals surface area (Å²) in [7, 11) is -1.68. The Kier molecular flexibility index (Phi) is 3.83. The molecule has 0 aliphatic carbocycles. The number of aryl methyl sites for hydroxylation is 1. The van der Waals surface area contributed by atoms with E-state index >= 15 is 0 Å². The molecule has 1 aromatic rings. The summed E-state index contributed by atoms with van der Waals surface area (Å²) in [6.45, 7) is 1.26. The molecule has 7 heteroatoms. The Morgan fingerprint density at radius 2 is 2.33 bits per heavy atom. The van der Waals surface area contributed by atoms with Gasteiger partial charge in [0.05, 0.1) is 18.1 Å². The third-order valence-corrected chi connectivity index (χ3v) is 3.78. The van der Waals surface area contributed by atoms with Crippen LogP contribution in [0.25, 0.3) is 0 Å². The smallest absolute Gasteiger partial charge is 0.216 e. The van der Waals surface area contributed by atoms with Crippen molar-refractivity contribution in [2.24, 2.45) is 7.05 Å². The van der Waals surface area contributed by atoms with E-state index in [1.54, 1.807) is 24.1 Å². The highest BCUT2D eigenvalue weighted by Crippen LogP contribution is 2.00. The van der Waals surface area contributed by atoms with Gasteiger partial charge in [-0.3, -0.25) is 4.68 Å². The van der Waals surface area contributed by atoms with Crippen LogP contribution >= 0.6 is 0 Å². The van der Waals surface area contributed by atoms with E-state index in [9.17, 15) is 8.42 Å². The van der Waals surface area contributed by atoms with Crippen LogP contribution in [0.4, 0.5) is 0 Å². The molecule has 0 radical (unpaired) electrons. The number of hydrogen-bond donors (Lipinski definition) is 2. The summed E-state index contributed by atoms with van der Waals surface area (Å²) in [6.07, 6.45) is 3.32. The first-order valence-corrected chi connectivity index (χ1v) is 6.07. The quantitative estimate of drug-likeness (QED) is 0.699. The van der Waals surface area contributed by atoms with Crippen molar-refractivity contribution in [3.63, 3.8) is 0 Å². The fourth-order valence-corrected chi connectivity index (χ4v) is 1.84. The van der Waals surface area contributed by atoms with Crippen LogP contribution in [0.5, 0.6) is 0 Å². The van der Waals surface area contributed by atoms with E-state index in [0.29, 0.717) is 0 Å². The number of nitrogens with zero attached hydrogens (tertiary/aromatic N) is 2. The Labute approximate surface area is 89.0 Å². The predicted octanol–water partition coefficient (Wildman–Crippen LogP) is -0.780. The second-order valence-electron chi connectivity index (χ2n) is 3.38. The highest BCUT2D eigenvalue weighted by molar-refractivity contribution is 7.90. The highest BCUT2D eigenvalue weighted by Gasteiger charge is 2.18. The highest BCUT2D eigenvalue weighted by atomic mass is 32.2. The molecule has 0 saturated carbocycles. The van der Waals surface area contributed by atoms with Crippen molar-refractivity contribution >= 4 is 10.0 Å². The number of hydrogen-bond acceptors (Lipinski definition) is 4. The maximum Gasteiger partial charge on any atom is 0.216 e. The van der Waals surface area contributed by atoms with Crippen molar-refractivity contribution in [3.05, 3.63) is 18.0 Å². The van der Waals surface area contributed by atoms with Crippen molar-refractivity contribution < 1.29 is 13.5 Å². The fourth-order valence-electron chi connectivity index (χ4n) is 0.987. The van der Waals surface area contributed by atoms with Gasteiger partial charge in [0.1, 0.15) is 0 Å². The van der Waals surface area contributed by atoms with Crippen LogP contribution < -0.4 is 4.72 Å². The summed E-state index contributed by atoms with van der Waals surface area (Å²) < 4.78 is 26.9. The number of aliphatic hydroxyl groups excluding tert-OH is 1. The Morgan fingerprint density at radius 3 is 2.80 bits per heavy atom. The first-order chi connectivity index (χ1) is 6.95. The Bertz CT molecular complexity index is 413. The van der Waals surface area contributed by atoms with Gasteiger partial charge in [0.2, 0.25) is 10.0 Å². The SMILES string of the molecule is CC(CO)S(=O)(=O)NCc1cnn(C)c1. The van der Waals surface area contributed by atoms with E-state index in [0.717, 1.165) is 5.56 Å². The van der Waals surface area contributed by atoms with Gasteiger partial charge in [-0.1, -0.05) is 0 Å². The summed E-state index contributed by atoms with van der Waals surface area (Å²) in [5, 5.41) is 11.9. The van der Waals surface area contributed by atoms with Crippen LogP contribution in [0.15, 0.2) is 12.4 Å². The molecule has 0 fully saturated rings. The van der Waals surface area contributed by atoms with E-state index in [1.165, 1.54) is 6.92 Å². The predicted molar refractivity (Wildman–Crippen MR) is 55.5 cm³/mol. The van der Waals surface area contributed by atoms with Crippen LogP contribution in [0, 0.1) is 0 Å². The van der Waals surface area contributed by atoms with Crippen LogP contribution in [-0.4, -0.2) is 35.2 Å². The molecular formula is C8H15N3O3S. The molecule has 86 valence electrons. The molecule has 1 atom stereocenters. The van der Waals surface area contributed by atoms with Crippen molar-refractivity contribution in [3.8, 4) is 0 Å². The second kappa shape index (κ2) is 4.73. The standard InChI is InChI=1S/C8H15N3O3S/c1-7(6-12)15(13,14)10-4-8-3-9-11(2)5-8/h3,5,7,10,12H,4,6H2,1-2H3. The lowest BCUT2D eigenvalue weighted by Crippen LogP contribution is -2.34. The first-order valence-electron chi connectivity index (χ1n) is 4.52. The van der Waals surface area contributed by atoms with Gasteiger partial charge in [-0.25, -0.2) is 13.1 Å². The molecule has 0 amide bonds. The lowest BCUT2D eigenvalue weighted by atomic mass is 10.4. The number of aliphatic hydroxyl groups is 1. The zero-order valence-electron chi connectivity index (χ0n) is 8.71. The summed E-state index contributed by atoms with van der Waals surface area (Å²) in [5.74, 6) is 0. The summed E-state index contributed by atoms with van der Waals surface area (Å²) in [5.41, 5.74) is 0.784. The number of sulfonamides is 1. The van der Waals surface area contributed by atoms with Crippen molar-refractivity contribution in [2.75, 3.05) is 6.61 Å². The lowest BCUT2D eigenvalue weighted by molar-refractivity contribution is 0.294. The van der Waals surface area contributed by atoms with Crippen molar-refractivity contribution in [1.82, 2.24) is 14.5 Å². The van der Waals surface area contributed by atoms with E-state index in [2.05, 4.69) is 9.82 Å². The van der Waals surface area contributed by atoms with Crippen molar-refractivity contribution in [1.29, 1.82) is 0 Å². The maximum atomic E-state index is 11.4. The molecule has 1 heterocycles. The third-order valence-electron chi connectivity index (χ3n) is 2.02. The summed E-state index contributed by atoms with van der Waals surface area (Å²) in [6, 6.07) is 0. The van der Waals surface area contributed by atoms with E-state index in [4.69, 9.17) is 5.11 Å². The summed E-state index contributed by atoms with van der Waals surface area (Å²) >= 11 is 0. The van der Waals surface area contributed by atoms with Gasteiger partial charge in [0.25, 0.3) is 0 Å². The van der Waals surface area contributed by atoms with Gasteiger partial charge in [0.15, 0.2) is 0 Å². The Hall–Kier alpha value is -0.920. The van der Waals surface area contributed by atoms with E-state index < -0.39 is 15.3 Å². The molecule has 0 aliphatic heterocycles. The molecule has 1 rings (SSSR count). The average Bonchev–Trinajstić information content (AvgIpc) is 2.60. The maximum absolute atomic E-state index is 11.4. The fraction of sp³-hybridized carbons (Fsp3) is 0.625. The van der Waals surface area contributed by atoms with Crippen LogP contribution in [0.1, 0.15) is 12.5 Å². The minimum absolute atomic E-state index is 0.195. The minimum Gasteiger partial charge on any atom is -0.395 e. The molecule has 1 aromatic heterocycles. The lowest BCUT2D eigenvalue weighted by Gasteiger charge is -2.10. The molecule has 0 saturated heterocycles. The largest absolute Gasteiger partial charge is 0.395 e. The van der Waals surface area contributed by atoms with Crippen LogP contribution in [0.3, 0.4) is 0 Å². The van der Waals surface area contributed by atoms with E-state index in [-0.39, 0.29) is 13.2 Å². The summed E-state index contributed by atoms with van der Waals surface area (Å²) in [4.78, 5) is 0. The zero-order chi connectivity index (χ0) is 11.5. The number of nitrogens with one attached hydrogen (secondary N) is 1.